The molecule has 1 fully saturated rings. The van der Waals surface area contributed by atoms with Gasteiger partial charge >= 0.3 is 0 Å². The monoisotopic (exact) mass is 271 g/mol. The Balaban J connectivity index is 2.15. The quantitative estimate of drug-likeness (QED) is 0.774. The predicted octanol–water partition coefficient (Wildman–Crippen LogP) is 2.68. The summed E-state index contributed by atoms with van der Waals surface area (Å²) in [6.45, 7) is 1.20. The van der Waals surface area contributed by atoms with Crippen molar-refractivity contribution in [2.24, 2.45) is 0 Å². The van der Waals surface area contributed by atoms with E-state index >= 15 is 0 Å². The van der Waals surface area contributed by atoms with Crippen molar-refractivity contribution < 1.29 is 13.9 Å². The molecule has 1 aliphatic rings. The number of methoxy groups -OCH3 is 1. The van der Waals surface area contributed by atoms with Gasteiger partial charge in [0.2, 0.25) is 0 Å². The summed E-state index contributed by atoms with van der Waals surface area (Å²) < 4.78 is 18.4. The van der Waals surface area contributed by atoms with Crippen LogP contribution in [0.1, 0.15) is 23.2 Å². The zero-order valence-electron chi connectivity index (χ0n) is 10.2. The lowest BCUT2D eigenvalue weighted by atomic mass is 10.1. The molecule has 1 atom stereocenters. The highest BCUT2D eigenvalue weighted by molar-refractivity contribution is 6.21. The summed E-state index contributed by atoms with van der Waals surface area (Å²) in [5.74, 6) is -0.565. The summed E-state index contributed by atoms with van der Waals surface area (Å²) in [4.78, 5) is 13.8. The Morgan fingerprint density at radius 3 is 2.94 bits per heavy atom. The van der Waals surface area contributed by atoms with Crippen molar-refractivity contribution in [2.75, 3.05) is 20.2 Å². The summed E-state index contributed by atoms with van der Waals surface area (Å²) in [7, 11) is 1.39. The van der Waals surface area contributed by atoms with Crippen LogP contribution in [-0.2, 0) is 0 Å². The maximum Gasteiger partial charge on any atom is 0.254 e. The van der Waals surface area contributed by atoms with Crippen molar-refractivity contribution in [2.45, 2.75) is 18.2 Å². The van der Waals surface area contributed by atoms with Crippen LogP contribution in [0.5, 0.6) is 5.75 Å². The lowest BCUT2D eigenvalue weighted by Gasteiger charge is -2.29. The Morgan fingerprint density at radius 1 is 1.56 bits per heavy atom. The number of benzene rings is 1. The van der Waals surface area contributed by atoms with Gasteiger partial charge in [-0.25, -0.2) is 4.39 Å². The molecule has 0 aromatic heterocycles. The van der Waals surface area contributed by atoms with Gasteiger partial charge in [-0.2, -0.15) is 0 Å². The number of ether oxygens (including phenoxy) is 1. The normalized spacial score (nSPS) is 19.7. The molecule has 1 unspecified atom stereocenters. The van der Waals surface area contributed by atoms with E-state index in [9.17, 15) is 9.18 Å². The Kier molecular flexibility index (Phi) is 4.07. The first-order chi connectivity index (χ1) is 8.61. The molecule has 5 heteroatoms. The summed E-state index contributed by atoms with van der Waals surface area (Å²) in [6, 6.07) is 4.24. The van der Waals surface area contributed by atoms with E-state index in [1.807, 2.05) is 0 Å². The Morgan fingerprint density at radius 2 is 2.33 bits per heavy atom. The minimum Gasteiger partial charge on any atom is -0.494 e. The van der Waals surface area contributed by atoms with Crippen LogP contribution in [0, 0.1) is 5.82 Å². The van der Waals surface area contributed by atoms with Crippen LogP contribution in [-0.4, -0.2) is 36.4 Å². The molecule has 1 aromatic rings. The van der Waals surface area contributed by atoms with Crippen LogP contribution in [0.25, 0.3) is 0 Å². The Bertz CT molecular complexity index is 453. The number of alkyl halides is 1. The molecule has 0 bridgehead atoms. The van der Waals surface area contributed by atoms with Gasteiger partial charge in [-0.15, -0.1) is 11.6 Å². The molecule has 1 aliphatic heterocycles. The first kappa shape index (κ1) is 13.1. The van der Waals surface area contributed by atoms with E-state index in [0.717, 1.165) is 12.8 Å². The molecule has 98 valence electrons. The second-order valence-corrected chi connectivity index (χ2v) is 4.96. The largest absolute Gasteiger partial charge is 0.494 e. The summed E-state index contributed by atoms with van der Waals surface area (Å²) in [5.41, 5.74) is 0.332. The van der Waals surface area contributed by atoms with E-state index < -0.39 is 5.82 Å². The van der Waals surface area contributed by atoms with Crippen molar-refractivity contribution >= 4 is 17.5 Å². The topological polar surface area (TPSA) is 29.5 Å². The van der Waals surface area contributed by atoms with Crippen molar-refractivity contribution in [1.29, 1.82) is 0 Å². The van der Waals surface area contributed by atoms with Gasteiger partial charge in [0.25, 0.3) is 5.91 Å². The highest BCUT2D eigenvalue weighted by atomic mass is 35.5. The molecule has 18 heavy (non-hydrogen) atoms. The lowest BCUT2D eigenvalue weighted by molar-refractivity contribution is 0.0726. The number of hydrogen-bond donors (Lipinski definition) is 0. The predicted molar refractivity (Wildman–Crippen MR) is 67.7 cm³/mol. The molecule has 1 saturated heterocycles. The Hall–Kier alpha value is -1.29. The van der Waals surface area contributed by atoms with Crippen molar-refractivity contribution in [3.63, 3.8) is 0 Å². The van der Waals surface area contributed by atoms with E-state index in [1.54, 1.807) is 11.0 Å². The third kappa shape index (κ3) is 2.75. The highest BCUT2D eigenvalue weighted by Gasteiger charge is 2.23. The number of rotatable bonds is 2. The second-order valence-electron chi connectivity index (χ2n) is 4.34. The fourth-order valence-electron chi connectivity index (χ4n) is 2.09. The molecule has 0 aliphatic carbocycles. The number of halogens is 2. The van der Waals surface area contributed by atoms with Gasteiger partial charge in [-0.3, -0.25) is 4.79 Å². The average Bonchev–Trinajstić information content (AvgIpc) is 2.37. The molecular weight excluding hydrogens is 257 g/mol. The van der Waals surface area contributed by atoms with E-state index in [0.29, 0.717) is 18.7 Å². The van der Waals surface area contributed by atoms with Crippen molar-refractivity contribution in [3.8, 4) is 5.75 Å². The molecule has 2 rings (SSSR count). The smallest absolute Gasteiger partial charge is 0.254 e. The van der Waals surface area contributed by atoms with E-state index in [2.05, 4.69) is 0 Å². The van der Waals surface area contributed by atoms with Crippen molar-refractivity contribution in [3.05, 3.63) is 29.6 Å². The first-order valence-corrected chi connectivity index (χ1v) is 6.32. The number of likely N-dealkylation sites (tertiary alicyclic amines) is 1. The Labute approximate surface area is 110 Å². The lowest BCUT2D eigenvalue weighted by Crippen LogP contribution is -2.40. The molecule has 0 radical (unpaired) electrons. The van der Waals surface area contributed by atoms with Gasteiger partial charge in [0.15, 0.2) is 11.6 Å². The third-order valence-corrected chi connectivity index (χ3v) is 3.41. The minimum atomic E-state index is -0.525. The zero-order valence-corrected chi connectivity index (χ0v) is 10.9. The minimum absolute atomic E-state index is 0.00852. The van der Waals surface area contributed by atoms with Crippen LogP contribution in [0.3, 0.4) is 0 Å². The molecule has 3 nitrogen and oxygen atoms in total. The number of hydrogen-bond acceptors (Lipinski definition) is 2. The maximum atomic E-state index is 13.5. The molecule has 1 heterocycles. The molecule has 0 saturated carbocycles. The molecule has 1 amide bonds. The first-order valence-electron chi connectivity index (χ1n) is 5.88. The number of piperidine rings is 1. The van der Waals surface area contributed by atoms with Crippen LogP contribution in [0.4, 0.5) is 4.39 Å². The molecule has 0 spiro atoms. The van der Waals surface area contributed by atoms with Crippen LogP contribution in [0.15, 0.2) is 18.2 Å². The van der Waals surface area contributed by atoms with E-state index in [-0.39, 0.29) is 17.0 Å². The SMILES string of the molecule is COc1ccc(C(=O)N2CCCC(Cl)C2)cc1F. The number of carbonyl (C=O) groups is 1. The fourth-order valence-corrected chi connectivity index (χ4v) is 2.41. The second kappa shape index (κ2) is 5.57. The van der Waals surface area contributed by atoms with Crippen LogP contribution < -0.4 is 4.74 Å². The van der Waals surface area contributed by atoms with Gasteiger partial charge in [0.05, 0.1) is 12.5 Å². The molecular formula is C13H15ClFNO2. The van der Waals surface area contributed by atoms with Gasteiger partial charge in [-0.1, -0.05) is 0 Å². The van der Waals surface area contributed by atoms with Gasteiger partial charge in [-0.05, 0) is 31.0 Å². The third-order valence-electron chi connectivity index (χ3n) is 3.05. The van der Waals surface area contributed by atoms with Crippen molar-refractivity contribution in [1.82, 2.24) is 4.90 Å². The van der Waals surface area contributed by atoms with Crippen LogP contribution >= 0.6 is 11.6 Å². The highest BCUT2D eigenvalue weighted by Crippen LogP contribution is 2.21. The van der Waals surface area contributed by atoms with Gasteiger partial charge in [0, 0.05) is 18.7 Å². The zero-order chi connectivity index (χ0) is 13.1. The number of nitrogens with zero attached hydrogens (tertiary/aromatic N) is 1. The van der Waals surface area contributed by atoms with Gasteiger partial charge in [0.1, 0.15) is 0 Å². The summed E-state index contributed by atoms with van der Waals surface area (Å²) in [6.07, 6.45) is 1.81. The fraction of sp³-hybridized carbons (Fsp3) is 0.462. The van der Waals surface area contributed by atoms with E-state index in [1.165, 1.54) is 19.2 Å². The molecule has 0 N–H and O–H groups in total. The average molecular weight is 272 g/mol. The summed E-state index contributed by atoms with van der Waals surface area (Å²) >= 11 is 6.03. The van der Waals surface area contributed by atoms with Crippen LogP contribution in [0.2, 0.25) is 0 Å². The number of carbonyl (C=O) groups excluding carboxylic acids is 1. The summed E-state index contributed by atoms with van der Waals surface area (Å²) in [5, 5.41) is -0.00852. The molecule has 1 aromatic carbocycles. The van der Waals surface area contributed by atoms with Gasteiger partial charge < -0.3 is 9.64 Å². The van der Waals surface area contributed by atoms with E-state index in [4.69, 9.17) is 16.3 Å². The maximum absolute atomic E-state index is 13.5. The number of amides is 1. The standard InChI is InChI=1S/C13H15ClFNO2/c1-18-12-5-4-9(7-11(12)15)13(17)16-6-2-3-10(14)8-16/h4-5,7,10H,2-3,6,8H2,1H3.